The van der Waals surface area contributed by atoms with Gasteiger partial charge in [-0.15, -0.1) is 0 Å². The van der Waals surface area contributed by atoms with Crippen molar-refractivity contribution < 1.29 is 9.90 Å². The molecule has 0 bridgehead atoms. The van der Waals surface area contributed by atoms with Crippen molar-refractivity contribution in [2.24, 2.45) is 5.92 Å². The van der Waals surface area contributed by atoms with Crippen molar-refractivity contribution in [2.45, 2.75) is 20.3 Å². The first-order chi connectivity index (χ1) is 6.09. The molecule has 1 aromatic rings. The number of nitrogens with zero attached hydrogens (tertiary/aromatic N) is 2. The largest absolute Gasteiger partial charge is 0.476 e. The van der Waals surface area contributed by atoms with Gasteiger partial charge in [0.15, 0.2) is 5.69 Å². The number of aromatic carboxylic acids is 1. The third-order valence-electron chi connectivity index (χ3n) is 1.54. The molecule has 0 unspecified atom stereocenters. The van der Waals surface area contributed by atoms with E-state index in [-0.39, 0.29) is 5.69 Å². The fourth-order valence-electron chi connectivity index (χ4n) is 0.989. The maximum Gasteiger partial charge on any atom is 0.356 e. The van der Waals surface area contributed by atoms with Crippen molar-refractivity contribution in [3.63, 3.8) is 0 Å². The monoisotopic (exact) mass is 180 g/mol. The maximum atomic E-state index is 10.4. The van der Waals surface area contributed by atoms with Gasteiger partial charge in [-0.2, -0.15) is 0 Å². The molecular weight excluding hydrogens is 168 g/mol. The van der Waals surface area contributed by atoms with Crippen LogP contribution in [0.25, 0.3) is 0 Å². The molecule has 4 heteroatoms. The zero-order valence-electron chi connectivity index (χ0n) is 7.69. The second kappa shape index (κ2) is 3.98. The molecule has 0 saturated carbocycles. The Kier molecular flexibility index (Phi) is 2.95. The van der Waals surface area contributed by atoms with Gasteiger partial charge in [-0.3, -0.25) is 4.98 Å². The van der Waals surface area contributed by atoms with Crippen LogP contribution in [0.5, 0.6) is 0 Å². The number of carboxylic acid groups (broad SMARTS) is 1. The Labute approximate surface area is 76.7 Å². The van der Waals surface area contributed by atoms with E-state index in [0.29, 0.717) is 5.92 Å². The molecule has 0 aliphatic carbocycles. The summed E-state index contributed by atoms with van der Waals surface area (Å²) in [5.41, 5.74) is 0.826. The van der Waals surface area contributed by atoms with E-state index in [4.69, 9.17) is 5.11 Å². The summed E-state index contributed by atoms with van der Waals surface area (Å²) in [6.07, 6.45) is 3.64. The van der Waals surface area contributed by atoms with Crippen molar-refractivity contribution in [3.05, 3.63) is 23.8 Å². The van der Waals surface area contributed by atoms with Crippen LogP contribution in [0.3, 0.4) is 0 Å². The first kappa shape index (κ1) is 9.64. The van der Waals surface area contributed by atoms with Gasteiger partial charge in [0.2, 0.25) is 0 Å². The highest BCUT2D eigenvalue weighted by Gasteiger charge is 2.05. The fraction of sp³-hybridized carbons (Fsp3) is 0.444. The van der Waals surface area contributed by atoms with Crippen molar-refractivity contribution in [3.8, 4) is 0 Å². The molecule has 13 heavy (non-hydrogen) atoms. The smallest absolute Gasteiger partial charge is 0.356 e. The third-order valence-corrected chi connectivity index (χ3v) is 1.54. The highest BCUT2D eigenvalue weighted by molar-refractivity contribution is 5.84. The number of hydrogen-bond donors (Lipinski definition) is 1. The van der Waals surface area contributed by atoms with Gasteiger partial charge in [0.05, 0.1) is 11.9 Å². The van der Waals surface area contributed by atoms with Crippen molar-refractivity contribution in [1.82, 2.24) is 9.97 Å². The molecule has 0 fully saturated rings. The van der Waals surface area contributed by atoms with Crippen LogP contribution in [0, 0.1) is 5.92 Å². The molecule has 0 aliphatic rings. The lowest BCUT2D eigenvalue weighted by molar-refractivity contribution is 0.0690. The fourth-order valence-corrected chi connectivity index (χ4v) is 0.989. The summed E-state index contributed by atoms with van der Waals surface area (Å²) in [7, 11) is 0. The molecule has 4 nitrogen and oxygen atoms in total. The second-order valence-corrected chi connectivity index (χ2v) is 3.30. The summed E-state index contributed by atoms with van der Waals surface area (Å²) in [6.45, 7) is 4.15. The van der Waals surface area contributed by atoms with E-state index in [1.54, 1.807) is 0 Å². The molecule has 0 spiro atoms. The van der Waals surface area contributed by atoms with E-state index in [1.807, 2.05) is 0 Å². The predicted molar refractivity (Wildman–Crippen MR) is 47.5 cm³/mol. The van der Waals surface area contributed by atoms with Gasteiger partial charge in [0.25, 0.3) is 0 Å². The minimum absolute atomic E-state index is 0.00694. The first-order valence-electron chi connectivity index (χ1n) is 4.14. The lowest BCUT2D eigenvalue weighted by Crippen LogP contribution is -2.04. The summed E-state index contributed by atoms with van der Waals surface area (Å²) >= 11 is 0. The summed E-state index contributed by atoms with van der Waals surface area (Å²) < 4.78 is 0. The molecule has 1 aromatic heterocycles. The van der Waals surface area contributed by atoms with Crippen LogP contribution >= 0.6 is 0 Å². The van der Waals surface area contributed by atoms with Crippen LogP contribution in [0.1, 0.15) is 30.0 Å². The summed E-state index contributed by atoms with van der Waals surface area (Å²) in [5.74, 6) is -0.534. The maximum absolute atomic E-state index is 10.4. The van der Waals surface area contributed by atoms with Gasteiger partial charge in [-0.25, -0.2) is 9.78 Å². The lowest BCUT2D eigenvalue weighted by Gasteiger charge is -2.02. The molecule has 0 amide bonds. The lowest BCUT2D eigenvalue weighted by atomic mass is 10.1. The zero-order chi connectivity index (χ0) is 9.84. The SMILES string of the molecule is CC(C)Cc1cnc(C(=O)O)cn1. The van der Waals surface area contributed by atoms with E-state index in [2.05, 4.69) is 23.8 Å². The molecular formula is C9H12N2O2. The molecule has 0 aromatic carbocycles. The van der Waals surface area contributed by atoms with Gasteiger partial charge in [-0.1, -0.05) is 13.8 Å². The number of rotatable bonds is 3. The van der Waals surface area contributed by atoms with Gasteiger partial charge in [0.1, 0.15) is 0 Å². The highest BCUT2D eigenvalue weighted by atomic mass is 16.4. The Morgan fingerprint density at radius 1 is 1.46 bits per heavy atom. The molecule has 70 valence electrons. The predicted octanol–water partition coefficient (Wildman–Crippen LogP) is 1.37. The summed E-state index contributed by atoms with van der Waals surface area (Å²) in [4.78, 5) is 18.2. The number of carbonyl (C=O) groups is 1. The molecule has 0 saturated heterocycles. The molecule has 1 heterocycles. The van der Waals surface area contributed by atoms with Crippen LogP contribution in [0.4, 0.5) is 0 Å². The van der Waals surface area contributed by atoms with Crippen LogP contribution in [0.15, 0.2) is 12.4 Å². The Morgan fingerprint density at radius 3 is 2.54 bits per heavy atom. The van der Waals surface area contributed by atoms with Crippen LogP contribution in [0.2, 0.25) is 0 Å². The van der Waals surface area contributed by atoms with Crippen molar-refractivity contribution >= 4 is 5.97 Å². The van der Waals surface area contributed by atoms with E-state index in [0.717, 1.165) is 12.1 Å². The van der Waals surface area contributed by atoms with Gasteiger partial charge >= 0.3 is 5.97 Å². The standard InChI is InChI=1S/C9H12N2O2/c1-6(2)3-7-4-11-8(5-10-7)9(12)13/h4-6H,3H2,1-2H3,(H,12,13). The zero-order valence-corrected chi connectivity index (χ0v) is 7.69. The van der Waals surface area contributed by atoms with Crippen LogP contribution in [-0.4, -0.2) is 21.0 Å². The van der Waals surface area contributed by atoms with Crippen LogP contribution < -0.4 is 0 Å². The normalized spacial score (nSPS) is 10.4. The molecule has 0 atom stereocenters. The van der Waals surface area contributed by atoms with E-state index < -0.39 is 5.97 Å². The number of hydrogen-bond acceptors (Lipinski definition) is 3. The van der Waals surface area contributed by atoms with E-state index in [1.165, 1.54) is 12.4 Å². The van der Waals surface area contributed by atoms with Crippen LogP contribution in [-0.2, 0) is 6.42 Å². The quantitative estimate of drug-likeness (QED) is 0.763. The van der Waals surface area contributed by atoms with Gasteiger partial charge < -0.3 is 5.11 Å². The number of carboxylic acids is 1. The first-order valence-corrected chi connectivity index (χ1v) is 4.14. The minimum atomic E-state index is -1.04. The van der Waals surface area contributed by atoms with Gasteiger partial charge in [0, 0.05) is 6.20 Å². The highest BCUT2D eigenvalue weighted by Crippen LogP contribution is 2.03. The molecule has 1 N–H and O–H groups in total. The summed E-state index contributed by atoms with van der Waals surface area (Å²) in [5, 5.41) is 8.56. The minimum Gasteiger partial charge on any atom is -0.476 e. The van der Waals surface area contributed by atoms with E-state index in [9.17, 15) is 4.79 Å². The van der Waals surface area contributed by atoms with E-state index >= 15 is 0 Å². The number of aromatic nitrogens is 2. The van der Waals surface area contributed by atoms with Gasteiger partial charge in [-0.05, 0) is 12.3 Å². The average molecular weight is 180 g/mol. The Bertz CT molecular complexity index is 293. The Balaban J connectivity index is 2.75. The van der Waals surface area contributed by atoms with Crippen molar-refractivity contribution in [2.75, 3.05) is 0 Å². The molecule has 0 aliphatic heterocycles. The third kappa shape index (κ3) is 2.82. The van der Waals surface area contributed by atoms with Crippen molar-refractivity contribution in [1.29, 1.82) is 0 Å². The average Bonchev–Trinajstić information content (AvgIpc) is 2.04. The second-order valence-electron chi connectivity index (χ2n) is 3.30. The topological polar surface area (TPSA) is 63.1 Å². The molecule has 1 rings (SSSR count). The molecule has 0 radical (unpaired) electrons. The Hall–Kier alpha value is -1.45. The summed E-state index contributed by atoms with van der Waals surface area (Å²) in [6, 6.07) is 0. The Morgan fingerprint density at radius 2 is 2.15 bits per heavy atom.